The highest BCUT2D eigenvalue weighted by Crippen LogP contribution is 2.24. The molecule has 0 amide bonds. The maximum Gasteiger partial charge on any atom is 0.323 e. The second-order valence-corrected chi connectivity index (χ2v) is 5.67. The molecule has 0 saturated carbocycles. The third-order valence-electron chi connectivity index (χ3n) is 4.12. The van der Waals surface area contributed by atoms with Crippen molar-refractivity contribution in [1.29, 1.82) is 0 Å². The number of aromatic nitrogens is 2. The third-order valence-corrected chi connectivity index (χ3v) is 4.12. The molecule has 0 saturated heterocycles. The van der Waals surface area contributed by atoms with E-state index in [1.54, 1.807) is 0 Å². The third kappa shape index (κ3) is 2.54. The highest BCUT2D eigenvalue weighted by atomic mass is 16.4. The number of carboxylic acids is 1. The van der Waals surface area contributed by atoms with Crippen molar-refractivity contribution >= 4 is 5.97 Å². The monoisotopic (exact) mass is 298 g/mol. The molecule has 0 unspecified atom stereocenters. The number of carbonyl (C=O) groups is 1. The van der Waals surface area contributed by atoms with Gasteiger partial charge in [0, 0.05) is 11.1 Å². The van der Waals surface area contributed by atoms with Gasteiger partial charge in [0.25, 0.3) is 5.56 Å². The lowest BCUT2D eigenvalue weighted by Crippen LogP contribution is -2.32. The van der Waals surface area contributed by atoms with Crippen molar-refractivity contribution in [3.05, 3.63) is 51.4 Å². The first-order valence-corrected chi connectivity index (χ1v) is 7.48. The Labute approximate surface area is 128 Å². The van der Waals surface area contributed by atoms with E-state index >= 15 is 0 Å². The largest absolute Gasteiger partial charge is 0.480 e. The maximum atomic E-state index is 12.7. The molecule has 0 radical (unpaired) electrons. The van der Waals surface area contributed by atoms with E-state index in [2.05, 4.69) is 4.98 Å². The molecule has 0 atom stereocenters. The lowest BCUT2D eigenvalue weighted by atomic mass is 9.96. The fourth-order valence-electron chi connectivity index (χ4n) is 3.00. The number of hydrogen-bond donors (Lipinski definition) is 1. The zero-order valence-corrected chi connectivity index (χ0v) is 12.5. The van der Waals surface area contributed by atoms with Gasteiger partial charge in [-0.1, -0.05) is 24.3 Å². The van der Waals surface area contributed by atoms with E-state index in [9.17, 15) is 9.59 Å². The van der Waals surface area contributed by atoms with Gasteiger partial charge in [-0.3, -0.25) is 14.2 Å². The normalized spacial score (nSPS) is 13.7. The Morgan fingerprint density at radius 3 is 2.73 bits per heavy atom. The maximum absolute atomic E-state index is 12.7. The Hall–Kier alpha value is -2.43. The minimum Gasteiger partial charge on any atom is -0.480 e. The minimum atomic E-state index is -1.03. The number of benzene rings is 1. The van der Waals surface area contributed by atoms with Crippen LogP contribution >= 0.6 is 0 Å². The number of hydrogen-bond acceptors (Lipinski definition) is 3. The second kappa shape index (κ2) is 5.75. The minimum absolute atomic E-state index is 0.203. The van der Waals surface area contributed by atoms with Crippen LogP contribution in [-0.2, 0) is 24.2 Å². The lowest BCUT2D eigenvalue weighted by molar-refractivity contribution is -0.137. The molecular weight excluding hydrogens is 280 g/mol. The van der Waals surface area contributed by atoms with Crippen LogP contribution in [0, 0.1) is 6.92 Å². The highest BCUT2D eigenvalue weighted by Gasteiger charge is 2.21. The molecule has 0 spiro atoms. The first kappa shape index (κ1) is 14.5. The fraction of sp³-hybridized carbons (Fsp3) is 0.353. The smallest absolute Gasteiger partial charge is 0.323 e. The number of rotatable bonds is 3. The van der Waals surface area contributed by atoms with Crippen LogP contribution in [0.5, 0.6) is 0 Å². The number of aryl methyl sites for hydroxylation is 2. The van der Waals surface area contributed by atoms with Crippen molar-refractivity contribution in [2.24, 2.45) is 0 Å². The molecule has 1 aliphatic carbocycles. The van der Waals surface area contributed by atoms with E-state index in [1.165, 1.54) is 4.57 Å². The number of nitrogens with zero attached hydrogens (tertiary/aromatic N) is 2. The molecule has 5 nitrogen and oxygen atoms in total. The summed E-state index contributed by atoms with van der Waals surface area (Å²) in [5, 5.41) is 9.15. The summed E-state index contributed by atoms with van der Waals surface area (Å²) in [6.07, 6.45) is 3.46. The van der Waals surface area contributed by atoms with E-state index in [0.717, 1.165) is 36.1 Å². The number of aliphatic carboxylic acids is 1. The average molecular weight is 298 g/mol. The Balaban J connectivity index is 2.28. The number of carboxylic acid groups (broad SMARTS) is 1. The quantitative estimate of drug-likeness (QED) is 0.942. The summed E-state index contributed by atoms with van der Waals surface area (Å²) in [6, 6.07) is 7.60. The summed E-state index contributed by atoms with van der Waals surface area (Å²) in [5.41, 5.74) is 3.10. The van der Waals surface area contributed by atoms with Gasteiger partial charge in [0.15, 0.2) is 0 Å². The molecule has 2 aromatic rings. The van der Waals surface area contributed by atoms with E-state index in [4.69, 9.17) is 5.11 Å². The van der Waals surface area contributed by atoms with Crippen LogP contribution in [0.4, 0.5) is 0 Å². The molecule has 22 heavy (non-hydrogen) atoms. The predicted molar refractivity (Wildman–Crippen MR) is 82.9 cm³/mol. The summed E-state index contributed by atoms with van der Waals surface area (Å²) in [7, 11) is 0. The molecule has 0 fully saturated rings. The standard InChI is InChI=1S/C17H18N2O3/c1-11-6-2-3-7-12(11)16-18-14-9-5-4-8-13(14)17(22)19(16)10-15(20)21/h2-3,6-7H,4-5,8-10H2,1H3,(H,20,21). The van der Waals surface area contributed by atoms with Crippen molar-refractivity contribution in [1.82, 2.24) is 9.55 Å². The molecule has 5 heteroatoms. The van der Waals surface area contributed by atoms with Crippen LogP contribution in [0.15, 0.2) is 29.1 Å². The molecule has 0 bridgehead atoms. The Bertz CT molecular complexity index is 793. The molecular formula is C17H18N2O3. The van der Waals surface area contributed by atoms with Gasteiger partial charge >= 0.3 is 5.97 Å². The summed E-state index contributed by atoms with van der Waals surface area (Å²) in [5.74, 6) is -0.569. The molecule has 114 valence electrons. The molecule has 0 aliphatic heterocycles. The summed E-state index contributed by atoms with van der Waals surface area (Å²) in [4.78, 5) is 28.5. The lowest BCUT2D eigenvalue weighted by Gasteiger charge is -2.19. The van der Waals surface area contributed by atoms with Crippen LogP contribution in [0.2, 0.25) is 0 Å². The fourth-order valence-corrected chi connectivity index (χ4v) is 3.00. The van der Waals surface area contributed by atoms with Crippen LogP contribution in [0.3, 0.4) is 0 Å². The van der Waals surface area contributed by atoms with Crippen molar-refractivity contribution in [3.8, 4) is 11.4 Å². The molecule has 1 N–H and O–H groups in total. The van der Waals surface area contributed by atoms with Crippen LogP contribution in [0.1, 0.15) is 29.7 Å². The van der Waals surface area contributed by atoms with Crippen LogP contribution in [-0.4, -0.2) is 20.6 Å². The van der Waals surface area contributed by atoms with Gasteiger partial charge < -0.3 is 5.11 Å². The topological polar surface area (TPSA) is 72.2 Å². The van der Waals surface area contributed by atoms with E-state index in [-0.39, 0.29) is 12.1 Å². The summed E-state index contributed by atoms with van der Waals surface area (Å²) in [6.45, 7) is 1.58. The molecule has 1 heterocycles. The van der Waals surface area contributed by atoms with Crippen molar-refractivity contribution in [3.63, 3.8) is 0 Å². The predicted octanol–water partition coefficient (Wildman–Crippen LogP) is 2.18. The summed E-state index contributed by atoms with van der Waals surface area (Å²) >= 11 is 0. The van der Waals surface area contributed by atoms with Gasteiger partial charge in [0.05, 0.1) is 5.69 Å². The van der Waals surface area contributed by atoms with Crippen molar-refractivity contribution in [2.75, 3.05) is 0 Å². The van der Waals surface area contributed by atoms with E-state index < -0.39 is 5.97 Å². The van der Waals surface area contributed by atoms with Gasteiger partial charge in [-0.05, 0) is 38.2 Å². The van der Waals surface area contributed by atoms with E-state index in [0.29, 0.717) is 17.8 Å². The van der Waals surface area contributed by atoms with E-state index in [1.807, 2.05) is 31.2 Å². The SMILES string of the molecule is Cc1ccccc1-c1nc2c(c(=O)n1CC(=O)O)CCCC2. The van der Waals surface area contributed by atoms with Gasteiger partial charge in [0.1, 0.15) is 12.4 Å². The van der Waals surface area contributed by atoms with Crippen LogP contribution < -0.4 is 5.56 Å². The first-order chi connectivity index (χ1) is 10.6. The van der Waals surface area contributed by atoms with Gasteiger partial charge in [0.2, 0.25) is 0 Å². The zero-order chi connectivity index (χ0) is 15.7. The van der Waals surface area contributed by atoms with Gasteiger partial charge in [-0.15, -0.1) is 0 Å². The molecule has 1 aromatic heterocycles. The molecule has 3 rings (SSSR count). The number of fused-ring (bicyclic) bond motifs is 1. The molecule has 1 aromatic carbocycles. The second-order valence-electron chi connectivity index (χ2n) is 5.67. The van der Waals surface area contributed by atoms with Gasteiger partial charge in [-0.2, -0.15) is 0 Å². The first-order valence-electron chi connectivity index (χ1n) is 7.48. The summed E-state index contributed by atoms with van der Waals surface area (Å²) < 4.78 is 1.30. The van der Waals surface area contributed by atoms with Crippen LogP contribution in [0.25, 0.3) is 11.4 Å². The Kier molecular flexibility index (Phi) is 3.79. The highest BCUT2D eigenvalue weighted by molar-refractivity contribution is 5.69. The van der Waals surface area contributed by atoms with Crippen molar-refractivity contribution < 1.29 is 9.90 Å². The molecule has 1 aliphatic rings. The van der Waals surface area contributed by atoms with Gasteiger partial charge in [-0.25, -0.2) is 4.98 Å². The zero-order valence-electron chi connectivity index (χ0n) is 12.5. The van der Waals surface area contributed by atoms with Crippen molar-refractivity contribution in [2.45, 2.75) is 39.2 Å². The Morgan fingerprint density at radius 1 is 1.27 bits per heavy atom. The average Bonchev–Trinajstić information content (AvgIpc) is 2.50. The Morgan fingerprint density at radius 2 is 2.00 bits per heavy atom.